The number of benzene rings is 1. The van der Waals surface area contributed by atoms with Crippen LogP contribution in [0, 0.1) is 26.2 Å². The van der Waals surface area contributed by atoms with Crippen LogP contribution >= 0.6 is 22.6 Å². The molecule has 0 spiro atoms. The van der Waals surface area contributed by atoms with Crippen LogP contribution in [0.5, 0.6) is 0 Å². The molecule has 1 aliphatic heterocycles. The summed E-state index contributed by atoms with van der Waals surface area (Å²) in [5, 5.41) is 17.9. The molecule has 0 amide bonds. The molecule has 1 aliphatic rings. The monoisotopic (exact) mass is 373 g/mol. The Morgan fingerprint density at radius 2 is 1.50 bits per heavy atom. The van der Waals surface area contributed by atoms with E-state index in [9.17, 15) is 0 Å². The quantitative estimate of drug-likeness (QED) is 0.546. The highest BCUT2D eigenvalue weighted by atomic mass is 127. The first-order valence-electron chi connectivity index (χ1n) is 6.03. The molecule has 0 aliphatic carbocycles. The number of nitriles is 2. The summed E-state index contributed by atoms with van der Waals surface area (Å²) in [7, 11) is 0. The van der Waals surface area contributed by atoms with Crippen molar-refractivity contribution in [3.8, 4) is 12.1 Å². The Morgan fingerprint density at radius 3 is 1.95 bits per heavy atom. The van der Waals surface area contributed by atoms with Gasteiger partial charge in [-0.1, -0.05) is 0 Å². The first-order valence-corrected chi connectivity index (χ1v) is 7.11. The molecular weight excluding hydrogens is 361 g/mol. The minimum Gasteiger partial charge on any atom is -0.318 e. The molecule has 0 atom stereocenters. The second-order valence-corrected chi connectivity index (χ2v) is 5.68. The molecule has 0 radical (unpaired) electrons. The number of allylic oxidation sites excluding steroid dienone is 6. The molecule has 98 valence electrons. The Balaban J connectivity index is 2.48. The summed E-state index contributed by atoms with van der Waals surface area (Å²) < 4.78 is 1.18. The van der Waals surface area contributed by atoms with Gasteiger partial charge in [0.2, 0.25) is 0 Å². The molecule has 2 rings (SSSR count). The average molecular weight is 373 g/mol. The van der Waals surface area contributed by atoms with E-state index in [2.05, 4.69) is 51.8 Å². The number of hydrogen-bond acceptors (Lipinski definition) is 3. The van der Waals surface area contributed by atoms with Crippen molar-refractivity contribution in [2.75, 3.05) is 4.90 Å². The third kappa shape index (κ3) is 2.76. The van der Waals surface area contributed by atoms with E-state index in [4.69, 9.17) is 10.5 Å². The molecule has 0 aromatic heterocycles. The van der Waals surface area contributed by atoms with Crippen molar-refractivity contribution in [2.24, 2.45) is 0 Å². The van der Waals surface area contributed by atoms with Gasteiger partial charge in [-0.25, -0.2) is 0 Å². The first-order chi connectivity index (χ1) is 9.56. The Labute approximate surface area is 132 Å². The molecule has 1 aromatic carbocycles. The van der Waals surface area contributed by atoms with E-state index in [1.54, 1.807) is 0 Å². The topological polar surface area (TPSA) is 50.8 Å². The van der Waals surface area contributed by atoms with E-state index in [1.807, 2.05) is 38.1 Å². The second kappa shape index (κ2) is 5.94. The van der Waals surface area contributed by atoms with Crippen molar-refractivity contribution >= 4 is 28.3 Å². The van der Waals surface area contributed by atoms with E-state index < -0.39 is 0 Å². The van der Waals surface area contributed by atoms with Crippen LogP contribution in [0.2, 0.25) is 0 Å². The summed E-state index contributed by atoms with van der Waals surface area (Å²) in [6.45, 7) is 3.95. The number of anilines is 1. The largest absolute Gasteiger partial charge is 0.318 e. The molecule has 0 bridgehead atoms. The van der Waals surface area contributed by atoms with E-state index in [0.717, 1.165) is 17.1 Å². The van der Waals surface area contributed by atoms with Crippen molar-refractivity contribution in [1.82, 2.24) is 0 Å². The van der Waals surface area contributed by atoms with Crippen molar-refractivity contribution in [2.45, 2.75) is 13.8 Å². The Kier molecular flexibility index (Phi) is 4.26. The van der Waals surface area contributed by atoms with Crippen LogP contribution < -0.4 is 4.90 Å². The lowest BCUT2D eigenvalue weighted by Gasteiger charge is -2.29. The summed E-state index contributed by atoms with van der Waals surface area (Å²) in [6.07, 6.45) is 3.74. The van der Waals surface area contributed by atoms with Gasteiger partial charge in [-0.05, 0) is 72.9 Å². The maximum absolute atomic E-state index is 8.96. The Bertz CT molecular complexity index is 672. The smallest absolute Gasteiger partial charge is 0.137 e. The normalized spacial score (nSPS) is 14.1. The summed E-state index contributed by atoms with van der Waals surface area (Å²) in [6, 6.07) is 12.1. The lowest BCUT2D eigenvalue weighted by Crippen LogP contribution is -2.21. The van der Waals surface area contributed by atoms with Crippen LogP contribution in [0.3, 0.4) is 0 Å². The van der Waals surface area contributed by atoms with Crippen molar-refractivity contribution in [3.63, 3.8) is 0 Å². The number of nitrogens with zero attached hydrogens (tertiary/aromatic N) is 3. The Hall–Kier alpha value is -2.05. The maximum Gasteiger partial charge on any atom is 0.137 e. The third-order valence-corrected chi connectivity index (χ3v) is 3.75. The van der Waals surface area contributed by atoms with Gasteiger partial charge in [0.15, 0.2) is 0 Å². The molecule has 0 saturated heterocycles. The van der Waals surface area contributed by atoms with Crippen LogP contribution in [0.25, 0.3) is 0 Å². The van der Waals surface area contributed by atoms with E-state index in [-0.39, 0.29) is 5.57 Å². The fourth-order valence-corrected chi connectivity index (χ4v) is 2.55. The van der Waals surface area contributed by atoms with Gasteiger partial charge in [-0.15, -0.1) is 0 Å². The molecule has 20 heavy (non-hydrogen) atoms. The molecular formula is C16H12IN3. The molecule has 1 heterocycles. The van der Waals surface area contributed by atoms with Crippen LogP contribution in [-0.4, -0.2) is 0 Å². The highest BCUT2D eigenvalue weighted by molar-refractivity contribution is 14.1. The molecule has 0 saturated carbocycles. The minimum atomic E-state index is 0.144. The standard InChI is InChI=1S/C16H12IN3/c1-11-7-13(14(9-18)10-19)8-12(2)20(11)16-5-3-15(17)4-6-16/h3-8H,1-2H3. The van der Waals surface area contributed by atoms with Gasteiger partial charge >= 0.3 is 0 Å². The summed E-state index contributed by atoms with van der Waals surface area (Å²) in [5.41, 5.74) is 3.87. The Morgan fingerprint density at radius 1 is 1.00 bits per heavy atom. The summed E-state index contributed by atoms with van der Waals surface area (Å²) in [5.74, 6) is 0. The van der Waals surface area contributed by atoms with Crippen LogP contribution in [-0.2, 0) is 0 Å². The predicted octanol–water partition coefficient (Wildman–Crippen LogP) is 4.26. The molecule has 3 nitrogen and oxygen atoms in total. The van der Waals surface area contributed by atoms with Crippen molar-refractivity contribution < 1.29 is 0 Å². The van der Waals surface area contributed by atoms with E-state index >= 15 is 0 Å². The van der Waals surface area contributed by atoms with E-state index in [1.165, 1.54) is 3.57 Å². The lowest BCUT2D eigenvalue weighted by atomic mass is 10.0. The number of hydrogen-bond donors (Lipinski definition) is 0. The molecule has 0 unspecified atom stereocenters. The fraction of sp³-hybridized carbons (Fsp3) is 0.125. The fourth-order valence-electron chi connectivity index (χ4n) is 2.19. The van der Waals surface area contributed by atoms with Crippen LogP contribution in [0.1, 0.15) is 13.8 Å². The zero-order chi connectivity index (χ0) is 14.7. The zero-order valence-corrected chi connectivity index (χ0v) is 13.3. The van der Waals surface area contributed by atoms with Crippen molar-refractivity contribution in [1.29, 1.82) is 10.5 Å². The summed E-state index contributed by atoms with van der Waals surface area (Å²) in [4.78, 5) is 2.10. The molecule has 4 heteroatoms. The maximum atomic E-state index is 8.96. The SMILES string of the molecule is CC1=CC(=C(C#N)C#N)C=C(C)N1c1ccc(I)cc1. The number of halogens is 1. The van der Waals surface area contributed by atoms with Gasteiger partial charge < -0.3 is 4.90 Å². The highest BCUT2D eigenvalue weighted by Gasteiger charge is 2.17. The van der Waals surface area contributed by atoms with Gasteiger partial charge in [-0.2, -0.15) is 10.5 Å². The number of rotatable bonds is 1. The first kappa shape index (κ1) is 14.4. The minimum absolute atomic E-state index is 0.144. The van der Waals surface area contributed by atoms with Crippen LogP contribution in [0.15, 0.2) is 59.0 Å². The lowest BCUT2D eigenvalue weighted by molar-refractivity contribution is 1.04. The molecule has 1 aromatic rings. The van der Waals surface area contributed by atoms with Gasteiger partial charge in [-0.3, -0.25) is 0 Å². The zero-order valence-electron chi connectivity index (χ0n) is 11.2. The van der Waals surface area contributed by atoms with Gasteiger partial charge in [0.25, 0.3) is 0 Å². The molecule has 0 fully saturated rings. The highest BCUT2D eigenvalue weighted by Crippen LogP contribution is 2.30. The van der Waals surface area contributed by atoms with Crippen molar-refractivity contribution in [3.05, 3.63) is 62.5 Å². The van der Waals surface area contributed by atoms with E-state index in [0.29, 0.717) is 5.57 Å². The third-order valence-electron chi connectivity index (χ3n) is 3.03. The second-order valence-electron chi connectivity index (χ2n) is 4.44. The van der Waals surface area contributed by atoms with Gasteiger partial charge in [0.1, 0.15) is 17.7 Å². The average Bonchev–Trinajstić information content (AvgIpc) is 2.41. The van der Waals surface area contributed by atoms with Gasteiger partial charge in [0.05, 0.1) is 0 Å². The van der Waals surface area contributed by atoms with Gasteiger partial charge in [0, 0.05) is 26.2 Å². The molecule has 0 N–H and O–H groups in total. The predicted molar refractivity (Wildman–Crippen MR) is 87.4 cm³/mol. The van der Waals surface area contributed by atoms with Crippen LogP contribution in [0.4, 0.5) is 5.69 Å². The summed E-state index contributed by atoms with van der Waals surface area (Å²) >= 11 is 2.27.